The van der Waals surface area contributed by atoms with Gasteiger partial charge in [0.05, 0.1) is 0 Å². The molecular formula is C15H16ClN. The molecule has 1 unspecified atom stereocenters. The predicted molar refractivity (Wildman–Crippen MR) is 74.2 cm³/mol. The third kappa shape index (κ3) is 2.68. The highest BCUT2D eigenvalue weighted by molar-refractivity contribution is 6.31. The molecule has 0 aliphatic rings. The van der Waals surface area contributed by atoms with Crippen molar-refractivity contribution in [3.8, 4) is 11.1 Å². The first kappa shape index (κ1) is 12.2. The Balaban J connectivity index is 2.50. The van der Waals surface area contributed by atoms with Crippen LogP contribution in [0.25, 0.3) is 11.1 Å². The number of aryl methyl sites for hydroxylation is 1. The van der Waals surface area contributed by atoms with Crippen molar-refractivity contribution in [3.63, 3.8) is 0 Å². The maximum atomic E-state index is 6.13. The summed E-state index contributed by atoms with van der Waals surface area (Å²) in [5, 5.41) is 0.733. The lowest BCUT2D eigenvalue weighted by Crippen LogP contribution is -2.05. The topological polar surface area (TPSA) is 26.0 Å². The van der Waals surface area contributed by atoms with Gasteiger partial charge in [0.1, 0.15) is 0 Å². The average Bonchev–Trinajstić information content (AvgIpc) is 2.29. The van der Waals surface area contributed by atoms with Gasteiger partial charge in [-0.05, 0) is 42.7 Å². The van der Waals surface area contributed by atoms with Crippen molar-refractivity contribution in [3.05, 3.63) is 58.6 Å². The molecule has 1 atom stereocenters. The van der Waals surface area contributed by atoms with Gasteiger partial charge < -0.3 is 5.73 Å². The highest BCUT2D eigenvalue weighted by Gasteiger charge is 2.07. The van der Waals surface area contributed by atoms with Crippen molar-refractivity contribution in [2.24, 2.45) is 5.73 Å². The first-order valence-electron chi connectivity index (χ1n) is 5.70. The van der Waals surface area contributed by atoms with Gasteiger partial charge in [0.2, 0.25) is 0 Å². The van der Waals surface area contributed by atoms with E-state index in [1.165, 1.54) is 11.1 Å². The summed E-state index contributed by atoms with van der Waals surface area (Å²) in [5.74, 6) is 0. The van der Waals surface area contributed by atoms with E-state index in [9.17, 15) is 0 Å². The van der Waals surface area contributed by atoms with Gasteiger partial charge in [-0.15, -0.1) is 0 Å². The van der Waals surface area contributed by atoms with Crippen LogP contribution in [0, 0.1) is 6.92 Å². The lowest BCUT2D eigenvalue weighted by molar-refractivity contribution is 0.819. The molecule has 2 N–H and O–H groups in total. The third-order valence-electron chi connectivity index (χ3n) is 2.84. The second-order valence-corrected chi connectivity index (χ2v) is 4.80. The zero-order valence-corrected chi connectivity index (χ0v) is 10.8. The Morgan fingerprint density at radius 3 is 2.41 bits per heavy atom. The van der Waals surface area contributed by atoms with Crippen molar-refractivity contribution >= 4 is 11.6 Å². The molecule has 0 fully saturated rings. The highest BCUT2D eigenvalue weighted by atomic mass is 35.5. The molecule has 2 aromatic rings. The van der Waals surface area contributed by atoms with Crippen LogP contribution in [0.2, 0.25) is 5.02 Å². The highest BCUT2D eigenvalue weighted by Crippen LogP contribution is 2.28. The minimum atomic E-state index is -0.0488. The first-order chi connectivity index (χ1) is 8.08. The molecule has 2 rings (SSSR count). The molecule has 88 valence electrons. The molecular weight excluding hydrogens is 230 g/mol. The molecule has 0 saturated carbocycles. The Kier molecular flexibility index (Phi) is 3.51. The van der Waals surface area contributed by atoms with Gasteiger partial charge >= 0.3 is 0 Å². The van der Waals surface area contributed by atoms with Crippen LogP contribution in [0.5, 0.6) is 0 Å². The van der Waals surface area contributed by atoms with E-state index in [1.807, 2.05) is 19.1 Å². The second-order valence-electron chi connectivity index (χ2n) is 4.39. The Morgan fingerprint density at radius 1 is 1.06 bits per heavy atom. The lowest BCUT2D eigenvalue weighted by atomic mass is 9.99. The third-order valence-corrected chi connectivity index (χ3v) is 3.18. The number of benzene rings is 2. The summed E-state index contributed by atoms with van der Waals surface area (Å²) in [4.78, 5) is 0. The van der Waals surface area contributed by atoms with Gasteiger partial charge in [0, 0.05) is 11.1 Å². The minimum absolute atomic E-state index is 0.0488. The molecule has 0 aliphatic heterocycles. The summed E-state index contributed by atoms with van der Waals surface area (Å²) >= 11 is 6.13. The smallest absolute Gasteiger partial charge is 0.0454 e. The fourth-order valence-electron chi connectivity index (χ4n) is 1.90. The summed E-state index contributed by atoms with van der Waals surface area (Å²) in [6.07, 6.45) is 0. The zero-order valence-electron chi connectivity index (χ0n) is 10.1. The van der Waals surface area contributed by atoms with Crippen molar-refractivity contribution in [2.45, 2.75) is 19.9 Å². The number of nitrogens with two attached hydrogens (primary N) is 1. The van der Waals surface area contributed by atoms with Gasteiger partial charge in [0.15, 0.2) is 0 Å². The van der Waals surface area contributed by atoms with Crippen molar-refractivity contribution in [2.75, 3.05) is 0 Å². The second kappa shape index (κ2) is 4.91. The molecule has 0 saturated heterocycles. The van der Waals surface area contributed by atoms with Crippen molar-refractivity contribution in [1.29, 1.82) is 0 Å². The van der Waals surface area contributed by atoms with Gasteiger partial charge in [-0.2, -0.15) is 0 Å². The quantitative estimate of drug-likeness (QED) is 0.837. The Bertz CT molecular complexity index is 532. The molecule has 0 heterocycles. The predicted octanol–water partition coefficient (Wildman–Crippen LogP) is 4.34. The molecule has 0 amide bonds. The van der Waals surface area contributed by atoms with Crippen LogP contribution in [-0.4, -0.2) is 0 Å². The molecule has 0 spiro atoms. The van der Waals surface area contributed by atoms with Crippen LogP contribution in [0.1, 0.15) is 24.1 Å². The summed E-state index contributed by atoms with van der Waals surface area (Å²) in [6.45, 7) is 4.03. The average molecular weight is 246 g/mol. The van der Waals surface area contributed by atoms with Gasteiger partial charge in [-0.1, -0.05) is 47.5 Å². The summed E-state index contributed by atoms with van der Waals surface area (Å²) in [5.41, 5.74) is 10.5. The van der Waals surface area contributed by atoms with Crippen LogP contribution in [0.4, 0.5) is 0 Å². The van der Waals surface area contributed by atoms with E-state index in [2.05, 4.69) is 37.3 Å². The normalized spacial score (nSPS) is 12.5. The van der Waals surface area contributed by atoms with E-state index in [4.69, 9.17) is 17.3 Å². The Morgan fingerprint density at radius 2 is 1.76 bits per heavy atom. The van der Waals surface area contributed by atoms with Crippen LogP contribution in [-0.2, 0) is 0 Å². The van der Waals surface area contributed by atoms with Gasteiger partial charge in [0.25, 0.3) is 0 Å². The van der Waals surface area contributed by atoms with Crippen LogP contribution >= 0.6 is 11.6 Å². The van der Waals surface area contributed by atoms with Gasteiger partial charge in [-0.25, -0.2) is 0 Å². The monoisotopic (exact) mass is 245 g/mol. The largest absolute Gasteiger partial charge is 0.324 e. The molecule has 0 aliphatic carbocycles. The lowest BCUT2D eigenvalue weighted by Gasteiger charge is -2.11. The number of rotatable bonds is 2. The van der Waals surface area contributed by atoms with E-state index in [0.717, 1.165) is 16.1 Å². The van der Waals surface area contributed by atoms with Crippen molar-refractivity contribution < 1.29 is 0 Å². The molecule has 0 aromatic heterocycles. The molecule has 0 bridgehead atoms. The first-order valence-corrected chi connectivity index (χ1v) is 6.08. The Labute approximate surface area is 107 Å². The molecule has 2 heteroatoms. The fourth-order valence-corrected chi connectivity index (χ4v) is 2.19. The van der Waals surface area contributed by atoms with E-state index in [1.54, 1.807) is 0 Å². The summed E-state index contributed by atoms with van der Waals surface area (Å²) in [6, 6.07) is 14.4. The van der Waals surface area contributed by atoms with Gasteiger partial charge in [-0.3, -0.25) is 0 Å². The van der Waals surface area contributed by atoms with E-state index in [-0.39, 0.29) is 6.04 Å². The molecule has 1 nitrogen and oxygen atoms in total. The SMILES string of the molecule is Cc1cccc(-c2ccc(Cl)c(C(C)N)c2)c1. The van der Waals surface area contributed by atoms with E-state index < -0.39 is 0 Å². The van der Waals surface area contributed by atoms with Crippen LogP contribution < -0.4 is 5.73 Å². The maximum Gasteiger partial charge on any atom is 0.0454 e. The minimum Gasteiger partial charge on any atom is -0.324 e. The molecule has 2 aromatic carbocycles. The number of hydrogen-bond donors (Lipinski definition) is 1. The molecule has 0 radical (unpaired) electrons. The summed E-state index contributed by atoms with van der Waals surface area (Å²) in [7, 11) is 0. The number of hydrogen-bond acceptors (Lipinski definition) is 1. The fraction of sp³-hybridized carbons (Fsp3) is 0.200. The van der Waals surface area contributed by atoms with E-state index >= 15 is 0 Å². The summed E-state index contributed by atoms with van der Waals surface area (Å²) < 4.78 is 0. The Hall–Kier alpha value is -1.31. The maximum absolute atomic E-state index is 6.13. The van der Waals surface area contributed by atoms with Crippen molar-refractivity contribution in [1.82, 2.24) is 0 Å². The van der Waals surface area contributed by atoms with E-state index in [0.29, 0.717) is 0 Å². The number of halogens is 1. The van der Waals surface area contributed by atoms with Crippen LogP contribution in [0.15, 0.2) is 42.5 Å². The zero-order chi connectivity index (χ0) is 12.4. The molecule has 17 heavy (non-hydrogen) atoms. The standard InChI is InChI=1S/C15H16ClN/c1-10-4-3-5-12(8-10)13-6-7-15(16)14(9-13)11(2)17/h3-9,11H,17H2,1-2H3. The van der Waals surface area contributed by atoms with Crippen LogP contribution in [0.3, 0.4) is 0 Å².